The number of fused-ring (bicyclic) bond motifs is 1. The number of nitriles is 1. The number of aliphatic hydroxyl groups excluding tert-OH is 1. The summed E-state index contributed by atoms with van der Waals surface area (Å²) in [7, 11) is 0. The molecule has 0 aliphatic rings. The normalized spacial score (nSPS) is 11.8. The maximum atomic E-state index is 12.2. The van der Waals surface area contributed by atoms with Crippen LogP contribution in [0.1, 0.15) is 48.5 Å². The lowest BCUT2D eigenvalue weighted by Crippen LogP contribution is -2.22. The number of rotatable bonds is 12. The van der Waals surface area contributed by atoms with E-state index in [1.54, 1.807) is 12.1 Å². The van der Waals surface area contributed by atoms with E-state index in [-0.39, 0.29) is 28.7 Å². The third kappa shape index (κ3) is 7.19. The van der Waals surface area contributed by atoms with E-state index in [9.17, 15) is 9.90 Å². The number of unbranched alkanes of at least 4 members (excludes halogenated alkanes) is 3. The second-order valence-electron chi connectivity index (χ2n) is 8.25. The molecule has 6 nitrogen and oxygen atoms in total. The van der Waals surface area contributed by atoms with Crippen LogP contribution in [0.2, 0.25) is 5.02 Å². The molecule has 0 amide bonds. The maximum Gasteiger partial charge on any atom is 0.310 e. The zero-order valence-corrected chi connectivity index (χ0v) is 19.9. The Bertz CT molecular complexity index is 1150. The minimum absolute atomic E-state index is 0.200. The van der Waals surface area contributed by atoms with Crippen molar-refractivity contribution < 1.29 is 14.6 Å². The van der Waals surface area contributed by atoms with Crippen LogP contribution in [-0.4, -0.2) is 30.8 Å². The summed E-state index contributed by atoms with van der Waals surface area (Å²) in [5.74, 6) is -0.200. The number of hydrogen-bond acceptors (Lipinski definition) is 6. The van der Waals surface area contributed by atoms with E-state index in [4.69, 9.17) is 27.3 Å². The molecule has 3 rings (SSSR count). The van der Waals surface area contributed by atoms with Gasteiger partial charge in [0, 0.05) is 6.54 Å². The highest BCUT2D eigenvalue weighted by atomic mass is 35.5. The summed E-state index contributed by atoms with van der Waals surface area (Å²) in [6.07, 6.45) is 3.24. The van der Waals surface area contributed by atoms with Crippen molar-refractivity contribution >= 4 is 34.0 Å². The van der Waals surface area contributed by atoms with Crippen LogP contribution < -0.4 is 11.1 Å². The number of nitrogen functional groups attached to an aromatic ring is 1. The molecular formula is C27H30ClN3O3. The molecule has 0 bridgehead atoms. The minimum atomic E-state index is -0.772. The van der Waals surface area contributed by atoms with Gasteiger partial charge in [-0.2, -0.15) is 5.26 Å². The molecule has 0 aromatic heterocycles. The van der Waals surface area contributed by atoms with Crippen molar-refractivity contribution in [3.8, 4) is 6.07 Å². The molecule has 0 radical (unpaired) electrons. The Kier molecular flexibility index (Phi) is 9.72. The van der Waals surface area contributed by atoms with Crippen LogP contribution in [0, 0.1) is 11.3 Å². The molecule has 0 saturated heterocycles. The van der Waals surface area contributed by atoms with Crippen LogP contribution >= 0.6 is 11.6 Å². The van der Waals surface area contributed by atoms with E-state index >= 15 is 0 Å². The fourth-order valence-corrected chi connectivity index (χ4v) is 4.05. The average molecular weight is 480 g/mol. The topological polar surface area (TPSA) is 108 Å². The van der Waals surface area contributed by atoms with Gasteiger partial charge in [0.1, 0.15) is 6.07 Å². The van der Waals surface area contributed by atoms with Crippen LogP contribution in [-0.2, 0) is 16.0 Å². The van der Waals surface area contributed by atoms with E-state index in [0.717, 1.165) is 48.6 Å². The number of carbonyl (C=O) groups excluding carboxylic acids is 1. The molecule has 1 unspecified atom stereocenters. The Hall–Kier alpha value is -3.11. The molecule has 0 saturated carbocycles. The first-order chi connectivity index (χ1) is 16.5. The predicted molar refractivity (Wildman–Crippen MR) is 135 cm³/mol. The number of nitrogens with one attached hydrogen (secondary N) is 1. The monoisotopic (exact) mass is 479 g/mol. The van der Waals surface area contributed by atoms with E-state index in [2.05, 4.69) is 5.32 Å². The summed E-state index contributed by atoms with van der Waals surface area (Å²) in [5.41, 5.74) is 7.79. The second kappa shape index (κ2) is 13.0. The zero-order chi connectivity index (χ0) is 24.3. The number of nitrogens with two attached hydrogens (primary N) is 1. The maximum absolute atomic E-state index is 12.2. The number of anilines is 1. The van der Waals surface area contributed by atoms with Crippen molar-refractivity contribution in [3.05, 3.63) is 76.3 Å². The Balaban J connectivity index is 1.26. The Morgan fingerprint density at radius 2 is 1.88 bits per heavy atom. The third-order valence-electron chi connectivity index (χ3n) is 5.72. The van der Waals surface area contributed by atoms with E-state index in [1.165, 1.54) is 0 Å². The predicted octanol–water partition coefficient (Wildman–Crippen LogP) is 4.92. The number of hydrogen-bond donors (Lipinski definition) is 3. The van der Waals surface area contributed by atoms with E-state index < -0.39 is 6.10 Å². The Morgan fingerprint density at radius 1 is 1.12 bits per heavy atom. The van der Waals surface area contributed by atoms with Crippen LogP contribution in [0.5, 0.6) is 0 Å². The first kappa shape index (κ1) is 25.5. The van der Waals surface area contributed by atoms with Crippen LogP contribution in [0.15, 0.2) is 54.6 Å². The summed E-state index contributed by atoms with van der Waals surface area (Å²) >= 11 is 6.03. The molecule has 0 aliphatic carbocycles. The Morgan fingerprint density at radius 3 is 2.71 bits per heavy atom. The SMILES string of the molecule is N#Cc1cc(C(O)CNCCCCCCOC(=O)Cc2cccc3ccccc23)cc(Cl)c1N. The summed E-state index contributed by atoms with van der Waals surface area (Å²) < 4.78 is 5.41. The third-order valence-corrected chi connectivity index (χ3v) is 6.03. The van der Waals surface area contributed by atoms with Gasteiger partial charge in [0.05, 0.1) is 35.4 Å². The number of aliphatic hydroxyl groups is 1. The molecule has 3 aromatic carbocycles. The van der Waals surface area contributed by atoms with Crippen molar-refractivity contribution in [2.75, 3.05) is 25.4 Å². The van der Waals surface area contributed by atoms with Gasteiger partial charge in [-0.15, -0.1) is 0 Å². The van der Waals surface area contributed by atoms with Gasteiger partial charge < -0.3 is 20.9 Å². The summed E-state index contributed by atoms with van der Waals surface area (Å²) in [6.45, 7) is 1.54. The highest BCUT2D eigenvalue weighted by Gasteiger charge is 2.13. The quantitative estimate of drug-likeness (QED) is 0.193. The van der Waals surface area contributed by atoms with E-state index in [0.29, 0.717) is 18.7 Å². The van der Waals surface area contributed by atoms with Crippen molar-refractivity contribution in [2.24, 2.45) is 0 Å². The lowest BCUT2D eigenvalue weighted by molar-refractivity contribution is -0.142. The fourth-order valence-electron chi connectivity index (χ4n) is 3.83. The largest absolute Gasteiger partial charge is 0.465 e. The van der Waals surface area contributed by atoms with Crippen molar-refractivity contribution in [2.45, 2.75) is 38.2 Å². The van der Waals surface area contributed by atoms with Gasteiger partial charge in [0.2, 0.25) is 0 Å². The van der Waals surface area contributed by atoms with Crippen molar-refractivity contribution in [3.63, 3.8) is 0 Å². The van der Waals surface area contributed by atoms with Gasteiger partial charge in [-0.05, 0) is 53.4 Å². The molecule has 178 valence electrons. The number of carbonyl (C=O) groups is 1. The lowest BCUT2D eigenvalue weighted by atomic mass is 10.0. The van der Waals surface area contributed by atoms with Gasteiger partial charge in [0.15, 0.2) is 0 Å². The molecule has 4 N–H and O–H groups in total. The summed E-state index contributed by atoms with van der Waals surface area (Å²) in [5, 5.41) is 25.1. The van der Waals surface area contributed by atoms with Crippen molar-refractivity contribution in [1.29, 1.82) is 5.26 Å². The molecule has 7 heteroatoms. The molecule has 0 heterocycles. The molecular weight excluding hydrogens is 450 g/mol. The number of esters is 1. The number of nitrogens with zero attached hydrogens (tertiary/aromatic N) is 1. The number of ether oxygens (including phenoxy) is 1. The highest BCUT2D eigenvalue weighted by molar-refractivity contribution is 6.33. The van der Waals surface area contributed by atoms with Crippen LogP contribution in [0.3, 0.4) is 0 Å². The minimum Gasteiger partial charge on any atom is -0.465 e. The van der Waals surface area contributed by atoms with Gasteiger partial charge >= 0.3 is 5.97 Å². The standard InChI is InChI=1S/C27H30ClN3O3/c28-24-15-21(14-22(17-29)27(24)30)25(32)18-31-12-5-1-2-6-13-34-26(33)16-20-10-7-9-19-8-3-4-11-23(19)20/h3-4,7-11,14-15,25,31-32H,1-2,5-6,12-13,16,18,30H2. The molecule has 34 heavy (non-hydrogen) atoms. The average Bonchev–Trinajstić information content (AvgIpc) is 2.84. The zero-order valence-electron chi connectivity index (χ0n) is 19.1. The van der Waals surface area contributed by atoms with Crippen LogP contribution in [0.4, 0.5) is 5.69 Å². The molecule has 1 atom stereocenters. The number of halogens is 1. The Labute approximate surface area is 205 Å². The molecule has 0 fully saturated rings. The highest BCUT2D eigenvalue weighted by Crippen LogP contribution is 2.27. The summed E-state index contributed by atoms with van der Waals surface area (Å²) in [6, 6.07) is 19.1. The van der Waals surface area contributed by atoms with Gasteiger partial charge in [-0.3, -0.25) is 4.79 Å². The molecule has 3 aromatic rings. The van der Waals surface area contributed by atoms with E-state index in [1.807, 2.05) is 48.5 Å². The fraction of sp³-hybridized carbons (Fsp3) is 0.333. The van der Waals surface area contributed by atoms with Gasteiger partial charge in [-0.1, -0.05) is 66.9 Å². The molecule has 0 aliphatic heterocycles. The van der Waals surface area contributed by atoms with Gasteiger partial charge in [-0.25, -0.2) is 0 Å². The smallest absolute Gasteiger partial charge is 0.310 e. The van der Waals surface area contributed by atoms with Crippen molar-refractivity contribution in [1.82, 2.24) is 5.32 Å². The lowest BCUT2D eigenvalue weighted by Gasteiger charge is -2.14. The molecule has 0 spiro atoms. The first-order valence-corrected chi connectivity index (χ1v) is 11.9. The first-order valence-electron chi connectivity index (χ1n) is 11.5. The number of benzene rings is 3. The second-order valence-corrected chi connectivity index (χ2v) is 8.65. The van der Waals surface area contributed by atoms with Crippen LogP contribution in [0.25, 0.3) is 10.8 Å². The van der Waals surface area contributed by atoms with Gasteiger partial charge in [0.25, 0.3) is 0 Å². The summed E-state index contributed by atoms with van der Waals surface area (Å²) in [4.78, 5) is 12.2.